The van der Waals surface area contributed by atoms with E-state index in [0.29, 0.717) is 0 Å². The predicted octanol–water partition coefficient (Wildman–Crippen LogP) is 14.1. The van der Waals surface area contributed by atoms with Crippen molar-refractivity contribution in [2.75, 3.05) is 4.90 Å². The highest BCUT2D eigenvalue weighted by Crippen LogP contribution is 2.45. The highest BCUT2D eigenvalue weighted by Gasteiger charge is 2.22. The van der Waals surface area contributed by atoms with Crippen molar-refractivity contribution in [1.82, 2.24) is 4.57 Å². The van der Waals surface area contributed by atoms with Crippen molar-refractivity contribution in [1.29, 1.82) is 0 Å². The van der Waals surface area contributed by atoms with Gasteiger partial charge in [0.05, 0.1) is 16.7 Å². The molecule has 11 aromatic rings. The SMILES string of the molecule is c1ccc(-c2ccccc2N(c2ccc3c(c2)oc2ccccc23)c2ccc3c4ccc5ccccc5c4n(-c4ccc5ccccc5c4)c3c2)cc1. The average molecular weight is 677 g/mol. The zero-order valence-corrected chi connectivity index (χ0v) is 28.8. The monoisotopic (exact) mass is 676 g/mol. The lowest BCUT2D eigenvalue weighted by molar-refractivity contribution is 0.669. The summed E-state index contributed by atoms with van der Waals surface area (Å²) >= 11 is 0. The zero-order chi connectivity index (χ0) is 34.9. The van der Waals surface area contributed by atoms with Crippen molar-refractivity contribution in [3.63, 3.8) is 0 Å². The minimum absolute atomic E-state index is 0.865. The molecule has 0 aliphatic carbocycles. The Morgan fingerprint density at radius 1 is 0.396 bits per heavy atom. The van der Waals surface area contributed by atoms with Crippen LogP contribution in [0.4, 0.5) is 17.1 Å². The Balaban J connectivity index is 1.22. The van der Waals surface area contributed by atoms with E-state index < -0.39 is 0 Å². The summed E-state index contributed by atoms with van der Waals surface area (Å²) in [5, 5.41) is 9.59. The molecule has 248 valence electrons. The first-order valence-corrected chi connectivity index (χ1v) is 18.1. The maximum atomic E-state index is 6.46. The number of anilines is 3. The van der Waals surface area contributed by atoms with E-state index in [4.69, 9.17) is 4.42 Å². The van der Waals surface area contributed by atoms with Gasteiger partial charge in [-0.2, -0.15) is 0 Å². The Morgan fingerprint density at radius 2 is 1.04 bits per heavy atom. The van der Waals surface area contributed by atoms with E-state index in [0.717, 1.165) is 61.3 Å². The molecule has 0 aliphatic rings. The fraction of sp³-hybridized carbons (Fsp3) is 0. The van der Waals surface area contributed by atoms with Crippen LogP contribution in [0, 0.1) is 0 Å². The fourth-order valence-corrected chi connectivity index (χ4v) is 8.30. The van der Waals surface area contributed by atoms with Crippen LogP contribution >= 0.6 is 0 Å². The van der Waals surface area contributed by atoms with Gasteiger partial charge in [-0.15, -0.1) is 0 Å². The standard InChI is InChI=1S/C50H32N2O/c1-2-13-34(14-3-1)40-17-8-10-20-46(40)51(39-26-29-44-43-19-9-11-21-48(43)53-49(44)32-39)38-25-28-42-45-27-23-35-15-6-7-18-41(35)50(45)52(47(42)31-38)37-24-22-33-12-4-5-16-36(33)30-37/h1-32H. The van der Waals surface area contributed by atoms with Crippen molar-refractivity contribution >= 4 is 82.4 Å². The number of rotatable bonds is 5. The molecule has 0 aliphatic heterocycles. The van der Waals surface area contributed by atoms with Gasteiger partial charge >= 0.3 is 0 Å². The van der Waals surface area contributed by atoms with Crippen molar-refractivity contribution in [2.24, 2.45) is 0 Å². The van der Waals surface area contributed by atoms with Gasteiger partial charge in [-0.3, -0.25) is 0 Å². The minimum atomic E-state index is 0.865. The molecule has 0 fully saturated rings. The molecule has 3 heteroatoms. The lowest BCUT2D eigenvalue weighted by atomic mass is 10.0. The van der Waals surface area contributed by atoms with E-state index >= 15 is 0 Å². The van der Waals surface area contributed by atoms with Crippen molar-refractivity contribution in [2.45, 2.75) is 0 Å². The smallest absolute Gasteiger partial charge is 0.137 e. The molecular formula is C50H32N2O. The van der Waals surface area contributed by atoms with Gasteiger partial charge in [-0.05, 0) is 70.3 Å². The fourth-order valence-electron chi connectivity index (χ4n) is 8.30. The van der Waals surface area contributed by atoms with E-state index in [1.54, 1.807) is 0 Å². The summed E-state index contributed by atoms with van der Waals surface area (Å²) in [6.07, 6.45) is 0. The number of hydrogen-bond donors (Lipinski definition) is 0. The Morgan fingerprint density at radius 3 is 1.92 bits per heavy atom. The molecule has 3 nitrogen and oxygen atoms in total. The number of nitrogens with zero attached hydrogens (tertiary/aromatic N) is 2. The molecule has 11 rings (SSSR count). The number of fused-ring (bicyclic) bond motifs is 9. The van der Waals surface area contributed by atoms with Gasteiger partial charge in [-0.25, -0.2) is 0 Å². The van der Waals surface area contributed by atoms with Crippen LogP contribution in [0.25, 0.3) is 82.1 Å². The summed E-state index contributed by atoms with van der Waals surface area (Å²) in [7, 11) is 0. The molecule has 0 radical (unpaired) electrons. The van der Waals surface area contributed by atoms with Crippen molar-refractivity contribution in [3.8, 4) is 16.8 Å². The van der Waals surface area contributed by atoms with Gasteiger partial charge in [0.15, 0.2) is 0 Å². The minimum Gasteiger partial charge on any atom is -0.456 e. The van der Waals surface area contributed by atoms with Crippen molar-refractivity contribution < 1.29 is 4.42 Å². The first-order valence-electron chi connectivity index (χ1n) is 18.1. The third kappa shape index (κ3) is 4.68. The van der Waals surface area contributed by atoms with Crippen LogP contribution in [-0.4, -0.2) is 4.57 Å². The van der Waals surface area contributed by atoms with Crippen LogP contribution < -0.4 is 4.90 Å². The zero-order valence-electron chi connectivity index (χ0n) is 28.8. The summed E-state index contributed by atoms with van der Waals surface area (Å²) in [5.41, 5.74) is 10.7. The summed E-state index contributed by atoms with van der Waals surface area (Å²) in [6, 6.07) is 69.9. The second kappa shape index (κ2) is 11.7. The maximum Gasteiger partial charge on any atom is 0.137 e. The molecule has 2 aromatic heterocycles. The molecule has 0 atom stereocenters. The highest BCUT2D eigenvalue weighted by atomic mass is 16.3. The van der Waals surface area contributed by atoms with Gasteiger partial charge < -0.3 is 13.9 Å². The van der Waals surface area contributed by atoms with Crippen LogP contribution in [0.5, 0.6) is 0 Å². The van der Waals surface area contributed by atoms with Gasteiger partial charge in [0.25, 0.3) is 0 Å². The van der Waals surface area contributed by atoms with Gasteiger partial charge in [0.2, 0.25) is 0 Å². The Labute approximate surface area is 306 Å². The van der Waals surface area contributed by atoms with E-state index in [1.807, 2.05) is 12.1 Å². The van der Waals surface area contributed by atoms with Crippen molar-refractivity contribution in [3.05, 3.63) is 194 Å². The highest BCUT2D eigenvalue weighted by molar-refractivity contribution is 6.19. The summed E-state index contributed by atoms with van der Waals surface area (Å²) in [5.74, 6) is 0. The Bertz CT molecular complexity index is 3190. The van der Waals surface area contributed by atoms with Crippen LogP contribution in [0.2, 0.25) is 0 Å². The quantitative estimate of drug-likeness (QED) is 0.181. The van der Waals surface area contributed by atoms with Gasteiger partial charge in [-0.1, -0.05) is 140 Å². The molecule has 0 N–H and O–H groups in total. The van der Waals surface area contributed by atoms with Crippen LogP contribution in [-0.2, 0) is 0 Å². The maximum absolute atomic E-state index is 6.46. The lowest BCUT2D eigenvalue weighted by Gasteiger charge is -2.28. The normalized spacial score (nSPS) is 11.8. The number of para-hydroxylation sites is 2. The molecule has 0 amide bonds. The predicted molar refractivity (Wildman–Crippen MR) is 223 cm³/mol. The van der Waals surface area contributed by atoms with Crippen LogP contribution in [0.15, 0.2) is 199 Å². The first-order chi connectivity index (χ1) is 26.3. The number of furan rings is 1. The molecular weight excluding hydrogens is 645 g/mol. The van der Waals surface area contributed by atoms with Crippen LogP contribution in [0.1, 0.15) is 0 Å². The molecule has 53 heavy (non-hydrogen) atoms. The van der Waals surface area contributed by atoms with Crippen LogP contribution in [0.3, 0.4) is 0 Å². The van der Waals surface area contributed by atoms with E-state index in [9.17, 15) is 0 Å². The molecule has 0 saturated carbocycles. The van der Waals surface area contributed by atoms with E-state index in [2.05, 4.69) is 191 Å². The number of aromatic nitrogens is 1. The molecule has 0 bridgehead atoms. The summed E-state index contributed by atoms with van der Waals surface area (Å²) < 4.78 is 8.93. The summed E-state index contributed by atoms with van der Waals surface area (Å²) in [6.45, 7) is 0. The van der Waals surface area contributed by atoms with E-state index in [1.165, 1.54) is 37.8 Å². The van der Waals surface area contributed by atoms with E-state index in [-0.39, 0.29) is 0 Å². The number of benzene rings is 9. The topological polar surface area (TPSA) is 21.3 Å². The third-order valence-electron chi connectivity index (χ3n) is 10.7. The molecule has 0 unspecified atom stereocenters. The van der Waals surface area contributed by atoms with Gasteiger partial charge in [0.1, 0.15) is 11.2 Å². The molecule has 0 saturated heterocycles. The molecule has 0 spiro atoms. The average Bonchev–Trinajstić information content (AvgIpc) is 3.76. The second-order valence-electron chi connectivity index (χ2n) is 13.7. The second-order valence-corrected chi connectivity index (χ2v) is 13.7. The van der Waals surface area contributed by atoms with Gasteiger partial charge in [0, 0.05) is 55.6 Å². The largest absolute Gasteiger partial charge is 0.456 e. The molecule has 2 heterocycles. The summed E-state index contributed by atoms with van der Waals surface area (Å²) in [4.78, 5) is 2.38. The Hall–Kier alpha value is -7.10. The Kier molecular flexibility index (Phi) is 6.55. The first kappa shape index (κ1) is 29.6. The number of hydrogen-bond acceptors (Lipinski definition) is 2. The lowest BCUT2D eigenvalue weighted by Crippen LogP contribution is -2.11. The molecule has 9 aromatic carbocycles. The third-order valence-corrected chi connectivity index (χ3v) is 10.7.